The second-order valence-electron chi connectivity index (χ2n) is 9.65. The lowest BCUT2D eigenvalue weighted by Gasteiger charge is -2.25. The zero-order valence-corrected chi connectivity index (χ0v) is 23.9. The maximum atomic E-state index is 12.3. The van der Waals surface area contributed by atoms with Crippen LogP contribution in [-0.4, -0.2) is 98.2 Å². The highest BCUT2D eigenvalue weighted by Gasteiger charge is 2.50. The summed E-state index contributed by atoms with van der Waals surface area (Å²) in [6.45, 7) is -1.58. The topological polar surface area (TPSA) is 258 Å². The van der Waals surface area contributed by atoms with Crippen molar-refractivity contribution in [2.24, 2.45) is 5.92 Å². The van der Waals surface area contributed by atoms with Gasteiger partial charge in [0.05, 0.1) is 31.6 Å². The average molecular weight is 642 g/mol. The van der Waals surface area contributed by atoms with Gasteiger partial charge in [-0.1, -0.05) is 29.2 Å². The van der Waals surface area contributed by atoms with Gasteiger partial charge in [-0.05, 0) is 6.42 Å². The molecular weight excluding hydrogens is 617 g/mol. The van der Waals surface area contributed by atoms with E-state index in [9.17, 15) is 15.0 Å². The molecule has 224 valence electrons. The molecule has 2 bridgehead atoms. The number of nitrogen functional groups attached to an aromatic ring is 2. The summed E-state index contributed by atoms with van der Waals surface area (Å²) in [7, 11) is -1.87. The second kappa shape index (κ2) is 11.1. The van der Waals surface area contributed by atoms with Gasteiger partial charge in [-0.2, -0.15) is 14.6 Å². The van der Waals surface area contributed by atoms with Crippen LogP contribution in [0.1, 0.15) is 23.5 Å². The molecule has 3 saturated heterocycles. The quantitative estimate of drug-likeness (QED) is 0.114. The van der Waals surface area contributed by atoms with Crippen molar-refractivity contribution in [1.29, 1.82) is 0 Å². The van der Waals surface area contributed by atoms with Crippen LogP contribution >= 0.6 is 31.6 Å². The van der Waals surface area contributed by atoms with E-state index >= 15 is 0 Å². The molecule has 0 aliphatic carbocycles. The van der Waals surface area contributed by atoms with E-state index in [4.69, 9.17) is 34.7 Å². The monoisotopic (exact) mass is 641 g/mol. The third-order valence-electron chi connectivity index (χ3n) is 7.12. The molecule has 42 heavy (non-hydrogen) atoms. The Morgan fingerprint density at radius 3 is 2.90 bits per heavy atom. The van der Waals surface area contributed by atoms with Crippen LogP contribution in [0.3, 0.4) is 0 Å². The molecule has 3 unspecified atom stereocenters. The summed E-state index contributed by atoms with van der Waals surface area (Å²) in [5, 5.41) is 33.1. The molecule has 0 radical (unpaired) electrons. The number of anilines is 2. The van der Waals surface area contributed by atoms with Crippen LogP contribution in [0, 0.1) is 5.92 Å². The van der Waals surface area contributed by atoms with Gasteiger partial charge in [-0.15, -0.1) is 5.10 Å². The fourth-order valence-corrected chi connectivity index (χ4v) is 7.91. The number of nitrogens with zero attached hydrogens (tertiary/aromatic N) is 8. The number of thiol groups is 1. The number of H-pyrrole nitrogens is 1. The van der Waals surface area contributed by atoms with Crippen LogP contribution in [0.15, 0.2) is 17.3 Å². The van der Waals surface area contributed by atoms with Crippen LogP contribution in [0.25, 0.3) is 16.8 Å². The minimum absolute atomic E-state index is 0.0490. The highest BCUT2D eigenvalue weighted by atomic mass is 32.7. The molecule has 0 aromatic carbocycles. The molecule has 22 heteroatoms. The number of nitrogens with one attached hydrogen (secondary N) is 1. The largest absolute Gasteiger partial charge is 0.387 e. The number of rotatable bonds is 2. The molecule has 4 aromatic heterocycles. The summed E-state index contributed by atoms with van der Waals surface area (Å²) >= 11 is 5.56. The maximum absolute atomic E-state index is 12.3. The first kappa shape index (κ1) is 28.1. The van der Waals surface area contributed by atoms with Gasteiger partial charge in [0, 0.05) is 11.5 Å². The zero-order valence-electron chi connectivity index (χ0n) is 21.3. The molecule has 7 N–H and O–H groups in total. The Balaban J connectivity index is 1.14. The number of aliphatic hydroxyl groups excluding tert-OH is 2. The Kier molecular flexibility index (Phi) is 7.41. The standard InChI is InChI=1S/C20H24N11O8PS2/c21-18-26-14-10(15(33)27-18)28-29-30(14)16-12-11(32)17(42-16)38-20(34)35-3-6-1-8(37-9(6)4-36-40(41)39-12)7-2-25-31-13(7)23-5-24-19(31)22/h2,5-6,8-9,11-12,16-17,20,32,34,41H,1,3-4H2,(H2,22,23,24)(H3,21,26,27,33)/t6-,8-,9-,11+,12-,16-,17?,20?,40?/m1/s1. The van der Waals surface area contributed by atoms with Crippen LogP contribution in [0.4, 0.5) is 11.9 Å². The van der Waals surface area contributed by atoms with Crippen molar-refractivity contribution < 1.29 is 33.5 Å². The van der Waals surface area contributed by atoms with Crippen LogP contribution in [-0.2, 0) is 23.3 Å². The van der Waals surface area contributed by atoms with E-state index < -0.39 is 54.8 Å². The molecule has 0 spiro atoms. The van der Waals surface area contributed by atoms with E-state index in [1.165, 1.54) is 15.5 Å². The molecule has 3 fully saturated rings. The number of thioether (sulfide) groups is 1. The molecule has 0 amide bonds. The van der Waals surface area contributed by atoms with E-state index in [-0.39, 0.29) is 42.2 Å². The molecule has 0 saturated carbocycles. The smallest absolute Gasteiger partial charge is 0.282 e. The Hall–Kier alpha value is -2.72. The van der Waals surface area contributed by atoms with Gasteiger partial charge in [0.2, 0.25) is 19.5 Å². The van der Waals surface area contributed by atoms with Gasteiger partial charge in [0.25, 0.3) is 12.0 Å². The lowest BCUT2D eigenvalue weighted by Crippen LogP contribution is -2.36. The van der Waals surface area contributed by atoms with Crippen LogP contribution in [0.2, 0.25) is 0 Å². The summed E-state index contributed by atoms with van der Waals surface area (Å²) in [6.07, 6.45) is 0.254. The predicted molar refractivity (Wildman–Crippen MR) is 147 cm³/mol. The third kappa shape index (κ3) is 4.98. The van der Waals surface area contributed by atoms with Crippen molar-refractivity contribution in [1.82, 2.24) is 44.5 Å². The van der Waals surface area contributed by atoms with E-state index in [0.717, 1.165) is 11.8 Å². The fraction of sp³-hybridized carbons (Fsp3) is 0.550. The van der Waals surface area contributed by atoms with E-state index in [1.54, 1.807) is 6.20 Å². The van der Waals surface area contributed by atoms with Gasteiger partial charge < -0.3 is 44.9 Å². The number of fused-ring (bicyclic) bond motifs is 5. The van der Waals surface area contributed by atoms with Crippen molar-refractivity contribution >= 4 is 60.3 Å². The van der Waals surface area contributed by atoms with Crippen LogP contribution in [0.5, 0.6) is 0 Å². The van der Waals surface area contributed by atoms with Gasteiger partial charge in [-0.25, -0.2) is 14.6 Å². The van der Waals surface area contributed by atoms with E-state index in [2.05, 4.69) is 47.6 Å². The number of aromatic amines is 1. The number of nitrogens with two attached hydrogens (primary N) is 2. The van der Waals surface area contributed by atoms with E-state index in [0.29, 0.717) is 17.6 Å². The molecule has 3 aliphatic heterocycles. The minimum atomic E-state index is -1.87. The number of ether oxygens (including phenoxy) is 3. The number of aliphatic hydroxyl groups is 2. The Bertz CT molecular complexity index is 1680. The summed E-state index contributed by atoms with van der Waals surface area (Å²) < 4.78 is 32.4. The minimum Gasteiger partial charge on any atom is -0.387 e. The van der Waals surface area contributed by atoms with Gasteiger partial charge >= 0.3 is 0 Å². The first-order valence-corrected chi connectivity index (χ1v) is 15.8. The van der Waals surface area contributed by atoms with Crippen LogP contribution < -0.4 is 17.0 Å². The lowest BCUT2D eigenvalue weighted by atomic mass is 9.98. The summed E-state index contributed by atoms with van der Waals surface area (Å²) in [5.41, 5.74) is 11.3. The number of hydrogen-bond donors (Lipinski definition) is 6. The molecule has 7 heterocycles. The number of hydrogen-bond acceptors (Lipinski definition) is 18. The summed E-state index contributed by atoms with van der Waals surface area (Å²) in [6, 6.07) is 0. The van der Waals surface area contributed by atoms with Crippen molar-refractivity contribution in [3.05, 3.63) is 28.4 Å². The van der Waals surface area contributed by atoms with E-state index in [1.807, 2.05) is 0 Å². The second-order valence-corrected chi connectivity index (χ2v) is 12.8. The maximum Gasteiger partial charge on any atom is 0.282 e. The molecule has 9 atom stereocenters. The highest BCUT2D eigenvalue weighted by Crippen LogP contribution is 2.54. The van der Waals surface area contributed by atoms with Gasteiger partial charge in [-0.3, -0.25) is 9.78 Å². The lowest BCUT2D eigenvalue weighted by molar-refractivity contribution is -0.282. The first-order chi connectivity index (χ1) is 20.3. The predicted octanol–water partition coefficient (Wildman–Crippen LogP) is -0.923. The van der Waals surface area contributed by atoms with Crippen molar-refractivity contribution in [2.75, 3.05) is 24.7 Å². The molecule has 4 aromatic rings. The van der Waals surface area contributed by atoms with Crippen molar-refractivity contribution in [3.8, 4) is 0 Å². The molecule has 19 nitrogen and oxygen atoms in total. The number of aromatic nitrogens is 9. The first-order valence-electron chi connectivity index (χ1n) is 12.5. The summed E-state index contributed by atoms with van der Waals surface area (Å²) in [4.78, 5) is 27.0. The Morgan fingerprint density at radius 2 is 2.05 bits per heavy atom. The zero-order chi connectivity index (χ0) is 29.1. The molecular formula is C20H24N11O8PS2. The van der Waals surface area contributed by atoms with Gasteiger partial charge in [0.1, 0.15) is 29.3 Å². The van der Waals surface area contributed by atoms with Crippen molar-refractivity contribution in [2.45, 2.75) is 48.1 Å². The highest BCUT2D eigenvalue weighted by molar-refractivity contribution is 8.41. The normalized spacial score (nSPS) is 34.2. The third-order valence-corrected chi connectivity index (χ3v) is 9.94. The Labute approximate surface area is 245 Å². The molecule has 7 rings (SSSR count). The SMILES string of the molecule is Nc1nc2c(nnn2[C@@H]2SC3OC(O)OC[C@H]4C[C@H](c5cnn6c(N)ncnc56)O[C@@H]4COP(S)O[C@@H]2[C@@H]3O)c(=O)[nH]1. The van der Waals surface area contributed by atoms with Gasteiger partial charge in [0.15, 0.2) is 16.8 Å². The fourth-order valence-electron chi connectivity index (χ4n) is 5.13. The molecule has 3 aliphatic rings. The summed E-state index contributed by atoms with van der Waals surface area (Å²) in [5.74, 6) is -0.173. The Morgan fingerprint density at radius 1 is 1.19 bits per heavy atom. The average Bonchev–Trinajstić information content (AvgIpc) is 3.72. The van der Waals surface area contributed by atoms with Crippen molar-refractivity contribution in [3.63, 3.8) is 0 Å².